The second kappa shape index (κ2) is 9.32. The van der Waals surface area contributed by atoms with Crippen molar-refractivity contribution in [2.24, 2.45) is 5.10 Å². The number of fused-ring (bicyclic) bond motifs is 1. The van der Waals surface area contributed by atoms with E-state index in [1.165, 1.54) is 0 Å². The molecule has 34 heavy (non-hydrogen) atoms. The molecule has 4 aromatic rings. The SMILES string of the molecule is CCC(=O)N1N=C(c2c(C)nc3ccc(Cl)cc3c2-c2ccccc2)C[C@H]1c1ccc(Br)cc1. The minimum Gasteiger partial charge on any atom is -0.273 e. The van der Waals surface area contributed by atoms with Crippen molar-refractivity contribution in [1.29, 1.82) is 0 Å². The number of hydrogen-bond acceptors (Lipinski definition) is 3. The quantitative estimate of drug-likeness (QED) is 0.270. The number of amides is 1. The molecular weight excluding hydrogens is 510 g/mol. The number of carbonyl (C=O) groups is 1. The number of pyridine rings is 1. The number of hydrazone groups is 1. The Balaban J connectivity index is 1.73. The number of carbonyl (C=O) groups excluding carboxylic acids is 1. The first-order chi connectivity index (χ1) is 16.5. The van der Waals surface area contributed by atoms with Crippen molar-refractivity contribution in [3.05, 3.63) is 99.1 Å². The molecule has 0 spiro atoms. The molecule has 1 aliphatic heterocycles. The third-order valence-electron chi connectivity index (χ3n) is 6.20. The van der Waals surface area contributed by atoms with Crippen LogP contribution in [0.1, 0.15) is 42.6 Å². The zero-order chi connectivity index (χ0) is 23.8. The third kappa shape index (κ3) is 4.15. The van der Waals surface area contributed by atoms with Crippen molar-refractivity contribution < 1.29 is 4.79 Å². The van der Waals surface area contributed by atoms with E-state index in [-0.39, 0.29) is 11.9 Å². The van der Waals surface area contributed by atoms with Crippen LogP contribution in [0.25, 0.3) is 22.0 Å². The first-order valence-electron chi connectivity index (χ1n) is 11.3. The number of nitrogens with zero attached hydrogens (tertiary/aromatic N) is 3. The maximum Gasteiger partial charge on any atom is 0.242 e. The topological polar surface area (TPSA) is 45.6 Å². The van der Waals surface area contributed by atoms with Gasteiger partial charge in [0.1, 0.15) is 0 Å². The molecule has 6 heteroatoms. The molecule has 1 amide bonds. The average Bonchev–Trinajstić information content (AvgIpc) is 3.29. The van der Waals surface area contributed by atoms with Crippen LogP contribution in [0.15, 0.2) is 82.4 Å². The van der Waals surface area contributed by atoms with E-state index < -0.39 is 0 Å². The van der Waals surface area contributed by atoms with Crippen molar-refractivity contribution in [2.45, 2.75) is 32.7 Å². The molecule has 0 aliphatic carbocycles. The smallest absolute Gasteiger partial charge is 0.242 e. The number of aromatic nitrogens is 1. The summed E-state index contributed by atoms with van der Waals surface area (Å²) in [7, 11) is 0. The van der Waals surface area contributed by atoms with E-state index in [4.69, 9.17) is 21.7 Å². The van der Waals surface area contributed by atoms with E-state index in [9.17, 15) is 4.79 Å². The summed E-state index contributed by atoms with van der Waals surface area (Å²) >= 11 is 9.92. The van der Waals surface area contributed by atoms with Crippen LogP contribution in [-0.4, -0.2) is 21.6 Å². The van der Waals surface area contributed by atoms with Gasteiger partial charge in [0, 0.05) is 44.5 Å². The molecular formula is C28H23BrClN3O. The lowest BCUT2D eigenvalue weighted by Crippen LogP contribution is -2.26. The van der Waals surface area contributed by atoms with Gasteiger partial charge in [0.25, 0.3) is 0 Å². The van der Waals surface area contributed by atoms with Crippen LogP contribution >= 0.6 is 27.5 Å². The number of rotatable bonds is 4. The lowest BCUT2D eigenvalue weighted by Gasteiger charge is -2.21. The molecule has 3 aromatic carbocycles. The molecule has 4 nitrogen and oxygen atoms in total. The van der Waals surface area contributed by atoms with Gasteiger partial charge in [-0.3, -0.25) is 9.78 Å². The number of aryl methyl sites for hydroxylation is 1. The van der Waals surface area contributed by atoms with E-state index >= 15 is 0 Å². The van der Waals surface area contributed by atoms with Gasteiger partial charge < -0.3 is 0 Å². The van der Waals surface area contributed by atoms with Gasteiger partial charge in [0.2, 0.25) is 5.91 Å². The fraction of sp³-hybridized carbons (Fsp3) is 0.179. The summed E-state index contributed by atoms with van der Waals surface area (Å²) in [6.07, 6.45) is 1.00. The van der Waals surface area contributed by atoms with Crippen molar-refractivity contribution in [1.82, 2.24) is 9.99 Å². The standard InChI is InChI=1S/C28H23BrClN3O/c1-3-26(34)33-25(18-9-11-20(29)12-10-18)16-24(32-33)27-17(2)31-23-14-13-21(30)15-22(23)28(27)19-7-5-4-6-8-19/h4-15,25H,3,16H2,1-2H3/t25-/m0/s1. The van der Waals surface area contributed by atoms with Crippen molar-refractivity contribution in [3.8, 4) is 11.1 Å². The summed E-state index contributed by atoms with van der Waals surface area (Å²) in [6, 6.07) is 24.0. The second-order valence-corrected chi connectivity index (χ2v) is 9.74. The molecule has 0 saturated heterocycles. The molecule has 0 bridgehead atoms. The van der Waals surface area contributed by atoms with Gasteiger partial charge in [-0.15, -0.1) is 0 Å². The van der Waals surface area contributed by atoms with Crippen LogP contribution < -0.4 is 0 Å². The second-order valence-electron chi connectivity index (χ2n) is 8.38. The van der Waals surface area contributed by atoms with E-state index in [0.29, 0.717) is 17.9 Å². The van der Waals surface area contributed by atoms with Gasteiger partial charge in [-0.1, -0.05) is 76.9 Å². The monoisotopic (exact) mass is 531 g/mol. The lowest BCUT2D eigenvalue weighted by atomic mass is 9.89. The van der Waals surface area contributed by atoms with Gasteiger partial charge in [-0.25, -0.2) is 5.01 Å². The molecule has 0 N–H and O–H groups in total. The highest BCUT2D eigenvalue weighted by Crippen LogP contribution is 2.40. The molecule has 0 unspecified atom stereocenters. The summed E-state index contributed by atoms with van der Waals surface area (Å²) in [5, 5.41) is 8.18. The number of hydrogen-bond donors (Lipinski definition) is 0. The first kappa shape index (κ1) is 22.8. The Hall–Kier alpha value is -3.02. The summed E-state index contributed by atoms with van der Waals surface area (Å²) < 4.78 is 1.00. The Kier molecular flexibility index (Phi) is 6.24. The number of benzene rings is 3. The van der Waals surface area contributed by atoms with E-state index in [2.05, 4.69) is 28.1 Å². The minimum absolute atomic E-state index is 0.00127. The fourth-order valence-electron chi connectivity index (χ4n) is 4.61. The molecule has 0 fully saturated rings. The van der Waals surface area contributed by atoms with Crippen LogP contribution in [0.4, 0.5) is 0 Å². The molecule has 1 atom stereocenters. The fourth-order valence-corrected chi connectivity index (χ4v) is 5.05. The minimum atomic E-state index is -0.159. The van der Waals surface area contributed by atoms with E-state index in [1.807, 2.05) is 74.5 Å². The normalized spacial score (nSPS) is 15.6. The predicted molar refractivity (Wildman–Crippen MR) is 142 cm³/mol. The third-order valence-corrected chi connectivity index (χ3v) is 6.97. The van der Waals surface area contributed by atoms with Crippen molar-refractivity contribution in [3.63, 3.8) is 0 Å². The Bertz CT molecular complexity index is 1420. The van der Waals surface area contributed by atoms with E-state index in [0.717, 1.165) is 49.0 Å². The zero-order valence-electron chi connectivity index (χ0n) is 18.9. The van der Waals surface area contributed by atoms with Gasteiger partial charge in [-0.2, -0.15) is 5.10 Å². The summed E-state index contributed by atoms with van der Waals surface area (Å²) in [5.41, 5.74) is 6.76. The van der Waals surface area contributed by atoms with Gasteiger partial charge in [-0.05, 0) is 48.4 Å². The lowest BCUT2D eigenvalue weighted by molar-refractivity contribution is -0.132. The maximum atomic E-state index is 12.9. The molecule has 1 aromatic heterocycles. The number of halogens is 2. The molecule has 170 valence electrons. The first-order valence-corrected chi connectivity index (χ1v) is 12.4. The molecule has 5 rings (SSSR count). The van der Waals surface area contributed by atoms with Crippen LogP contribution in [-0.2, 0) is 4.79 Å². The van der Waals surface area contributed by atoms with Crippen LogP contribution in [0.5, 0.6) is 0 Å². The van der Waals surface area contributed by atoms with Crippen LogP contribution in [0.3, 0.4) is 0 Å². The largest absolute Gasteiger partial charge is 0.273 e. The van der Waals surface area contributed by atoms with Crippen LogP contribution in [0, 0.1) is 6.92 Å². The highest BCUT2D eigenvalue weighted by Gasteiger charge is 2.34. The average molecular weight is 533 g/mol. The summed E-state index contributed by atoms with van der Waals surface area (Å²) in [6.45, 7) is 3.88. The Labute approximate surface area is 212 Å². The summed E-state index contributed by atoms with van der Waals surface area (Å²) in [5.74, 6) is -0.00127. The zero-order valence-corrected chi connectivity index (χ0v) is 21.3. The molecule has 1 aliphatic rings. The highest BCUT2D eigenvalue weighted by atomic mass is 79.9. The molecule has 0 saturated carbocycles. The predicted octanol–water partition coefficient (Wildman–Crippen LogP) is 7.71. The Morgan fingerprint density at radius 3 is 2.50 bits per heavy atom. The van der Waals surface area contributed by atoms with Crippen molar-refractivity contribution >= 4 is 50.1 Å². The maximum absolute atomic E-state index is 12.9. The summed E-state index contributed by atoms with van der Waals surface area (Å²) in [4.78, 5) is 17.8. The van der Waals surface area contributed by atoms with Gasteiger partial charge in [0.05, 0.1) is 17.3 Å². The Morgan fingerprint density at radius 1 is 1.06 bits per heavy atom. The van der Waals surface area contributed by atoms with Crippen LogP contribution in [0.2, 0.25) is 5.02 Å². The molecule has 0 radical (unpaired) electrons. The van der Waals surface area contributed by atoms with Gasteiger partial charge in [0.15, 0.2) is 0 Å². The highest BCUT2D eigenvalue weighted by molar-refractivity contribution is 9.10. The molecule has 2 heterocycles. The van der Waals surface area contributed by atoms with Crippen molar-refractivity contribution in [2.75, 3.05) is 0 Å². The van der Waals surface area contributed by atoms with Gasteiger partial charge >= 0.3 is 0 Å². The van der Waals surface area contributed by atoms with E-state index in [1.54, 1.807) is 5.01 Å². The Morgan fingerprint density at radius 2 is 1.79 bits per heavy atom.